The van der Waals surface area contributed by atoms with E-state index in [0.29, 0.717) is 75.4 Å². The maximum absolute atomic E-state index is 13.3. The number of nitrogens with zero attached hydrogens (tertiary/aromatic N) is 6. The van der Waals surface area contributed by atoms with E-state index >= 15 is 0 Å². The molecule has 8 aromatic carbocycles. The number of azo groups is 3. The molecule has 0 aliphatic heterocycles. The molecule has 8 rings (SSSR count). The third kappa shape index (κ3) is 12.5. The predicted octanol–water partition coefficient (Wildman–Crippen LogP) is 14.3. The van der Waals surface area contributed by atoms with E-state index in [1.165, 1.54) is 14.2 Å². The maximum Gasteiger partial charge on any atom is 0.264 e. The quantitative estimate of drug-likeness (QED) is 0.0340. The molecular formula is C53H48N8O9S. The molecule has 8 aromatic rings. The lowest BCUT2D eigenvalue weighted by atomic mass is 10.1. The minimum atomic E-state index is -4.00. The Kier molecular flexibility index (Phi) is 15.2. The molecule has 17 nitrogen and oxygen atoms in total. The highest BCUT2D eigenvalue weighted by Gasteiger charge is 2.14. The first-order valence-corrected chi connectivity index (χ1v) is 23.8. The standard InChI is InChI=1S/C53H48N8O9S/c1-33-28-36(53(63)55-41-18-22-43-34(29-41)8-7-9-49(43)70-26-5-6-27-71(64,65)66)11-24-45(33)58-56-38-12-14-39(15-13-38)57-60-47-31-51(69-4)48(32-50(47)68-3)61-59-46-25-10-35-30-40(19-23-44(35)52(46)62)54-37-16-20-42(67-2)21-17-37/h7-25,28-32,54,62H,5-6,26-27H2,1-4H3,(H,55,63)(H,64,65,66). The van der Waals surface area contributed by atoms with Gasteiger partial charge in [0.1, 0.15) is 40.1 Å². The number of hydrogen-bond donors (Lipinski definition) is 4. The van der Waals surface area contributed by atoms with Gasteiger partial charge >= 0.3 is 0 Å². The van der Waals surface area contributed by atoms with Gasteiger partial charge in [-0.2, -0.15) is 23.8 Å². The lowest BCUT2D eigenvalue weighted by Gasteiger charge is -2.11. The van der Waals surface area contributed by atoms with Crippen LogP contribution in [0.5, 0.6) is 28.7 Å². The third-order valence-corrected chi connectivity index (χ3v) is 11.9. The van der Waals surface area contributed by atoms with Crippen molar-refractivity contribution in [3.63, 3.8) is 0 Å². The van der Waals surface area contributed by atoms with Crippen LogP contribution in [0.1, 0.15) is 28.8 Å². The van der Waals surface area contributed by atoms with Gasteiger partial charge in [-0.05, 0) is 151 Å². The van der Waals surface area contributed by atoms with Gasteiger partial charge in [0, 0.05) is 45.5 Å². The van der Waals surface area contributed by atoms with Crippen LogP contribution in [0.15, 0.2) is 176 Å². The number of aryl methyl sites for hydroxylation is 1. The van der Waals surface area contributed by atoms with Crippen molar-refractivity contribution in [2.45, 2.75) is 19.8 Å². The zero-order valence-corrected chi connectivity index (χ0v) is 39.8. The normalized spacial score (nSPS) is 11.7. The van der Waals surface area contributed by atoms with Crippen molar-refractivity contribution in [2.75, 3.05) is 44.3 Å². The van der Waals surface area contributed by atoms with Crippen molar-refractivity contribution in [3.05, 3.63) is 157 Å². The number of hydrogen-bond acceptors (Lipinski definition) is 15. The summed E-state index contributed by atoms with van der Waals surface area (Å²) in [6.45, 7) is 2.14. The van der Waals surface area contributed by atoms with E-state index in [1.807, 2.05) is 85.8 Å². The summed E-state index contributed by atoms with van der Waals surface area (Å²) in [5.41, 5.74) is 6.26. The fourth-order valence-corrected chi connectivity index (χ4v) is 7.95. The molecule has 0 radical (unpaired) electrons. The van der Waals surface area contributed by atoms with E-state index in [-0.39, 0.29) is 29.5 Å². The first-order valence-electron chi connectivity index (χ1n) is 22.2. The molecule has 4 N–H and O–H groups in total. The number of phenolic OH excluding ortho intramolecular Hbond substituents is 1. The highest BCUT2D eigenvalue weighted by atomic mass is 32.2. The van der Waals surface area contributed by atoms with Crippen LogP contribution in [0.4, 0.5) is 51.2 Å². The Hall–Kier alpha value is -8.74. The largest absolute Gasteiger partial charge is 0.505 e. The zero-order valence-electron chi connectivity index (χ0n) is 39.0. The molecule has 0 aliphatic rings. The average Bonchev–Trinajstić information content (AvgIpc) is 3.37. The second kappa shape index (κ2) is 22.1. The second-order valence-corrected chi connectivity index (χ2v) is 17.6. The third-order valence-electron chi connectivity index (χ3n) is 11.1. The summed E-state index contributed by atoms with van der Waals surface area (Å²) in [6, 6.07) is 43.3. The minimum absolute atomic E-state index is 0.0184. The lowest BCUT2D eigenvalue weighted by Crippen LogP contribution is -2.12. The Morgan fingerprint density at radius 1 is 0.563 bits per heavy atom. The number of phenols is 1. The number of carbonyl (C=O) groups excluding carboxylic acids is 1. The fraction of sp³-hybridized carbons (Fsp3) is 0.151. The molecule has 0 spiro atoms. The van der Waals surface area contributed by atoms with Crippen molar-refractivity contribution >= 4 is 88.8 Å². The van der Waals surface area contributed by atoms with E-state index in [0.717, 1.165) is 38.8 Å². The second-order valence-electron chi connectivity index (χ2n) is 16.0. The summed E-state index contributed by atoms with van der Waals surface area (Å²) in [7, 11) is 0.630. The van der Waals surface area contributed by atoms with Crippen molar-refractivity contribution in [1.82, 2.24) is 0 Å². The number of carbonyl (C=O) groups is 1. The highest BCUT2D eigenvalue weighted by Crippen LogP contribution is 2.43. The number of nitrogens with one attached hydrogen (secondary N) is 2. The van der Waals surface area contributed by atoms with E-state index in [4.69, 9.17) is 23.5 Å². The molecule has 0 aromatic heterocycles. The SMILES string of the molecule is COc1ccc(Nc2ccc3c(O)c(N=Nc4cc(OC)c(N=Nc5ccc(N=Nc6ccc(C(=O)Nc7ccc8c(OCCCCS(=O)(=O)O)cccc8c7)cc6C)cc5)cc4OC)ccc3c2)cc1. The number of ether oxygens (including phenoxy) is 4. The van der Waals surface area contributed by atoms with Gasteiger partial charge in [-0.25, -0.2) is 0 Å². The van der Waals surface area contributed by atoms with Crippen molar-refractivity contribution < 1.29 is 41.8 Å². The fourth-order valence-electron chi connectivity index (χ4n) is 7.38. The van der Waals surface area contributed by atoms with Crippen molar-refractivity contribution in [1.29, 1.82) is 0 Å². The van der Waals surface area contributed by atoms with Crippen molar-refractivity contribution in [2.24, 2.45) is 30.7 Å². The molecule has 0 saturated heterocycles. The molecule has 1 amide bonds. The maximum atomic E-state index is 13.3. The van der Waals surface area contributed by atoms with E-state index in [1.54, 1.807) is 73.8 Å². The molecule has 18 heteroatoms. The van der Waals surface area contributed by atoms with E-state index < -0.39 is 10.1 Å². The summed E-state index contributed by atoms with van der Waals surface area (Å²) < 4.78 is 53.2. The highest BCUT2D eigenvalue weighted by molar-refractivity contribution is 7.85. The Balaban J connectivity index is 0.872. The van der Waals surface area contributed by atoms with Crippen LogP contribution in [0.3, 0.4) is 0 Å². The molecule has 0 atom stereocenters. The molecule has 0 aliphatic carbocycles. The average molecular weight is 973 g/mol. The minimum Gasteiger partial charge on any atom is -0.505 e. The van der Waals surface area contributed by atoms with Gasteiger partial charge in [-0.3, -0.25) is 9.35 Å². The number of unbranched alkanes of at least 4 members (excludes halogenated alkanes) is 1. The number of rotatable bonds is 19. The molecule has 71 heavy (non-hydrogen) atoms. The monoisotopic (exact) mass is 972 g/mol. The summed E-state index contributed by atoms with van der Waals surface area (Å²) in [5.74, 6) is 1.50. The topological polar surface area (TPSA) is 227 Å². The van der Waals surface area contributed by atoms with Crippen LogP contribution in [-0.4, -0.2) is 57.7 Å². The molecule has 0 unspecified atom stereocenters. The van der Waals surface area contributed by atoms with Crippen LogP contribution >= 0.6 is 0 Å². The first-order chi connectivity index (χ1) is 34.4. The summed E-state index contributed by atoms with van der Waals surface area (Å²) in [6.07, 6.45) is 0.750. The van der Waals surface area contributed by atoms with Crippen LogP contribution < -0.4 is 29.6 Å². The van der Waals surface area contributed by atoms with Crippen LogP contribution in [-0.2, 0) is 10.1 Å². The van der Waals surface area contributed by atoms with Crippen molar-refractivity contribution in [3.8, 4) is 28.7 Å². The Morgan fingerprint density at radius 3 is 1.82 bits per heavy atom. The van der Waals surface area contributed by atoms with Crippen LogP contribution in [0.2, 0.25) is 0 Å². The molecule has 0 bridgehead atoms. The molecule has 0 heterocycles. The van der Waals surface area contributed by atoms with Gasteiger partial charge in [-0.1, -0.05) is 18.2 Å². The summed E-state index contributed by atoms with van der Waals surface area (Å²) in [4.78, 5) is 13.3. The number of fused-ring (bicyclic) bond motifs is 2. The Morgan fingerprint density at radius 2 is 1.15 bits per heavy atom. The van der Waals surface area contributed by atoms with Gasteiger partial charge in [0.05, 0.1) is 50.8 Å². The number of methoxy groups -OCH3 is 3. The number of aromatic hydroxyl groups is 1. The van der Waals surface area contributed by atoms with Crippen LogP contribution in [0.25, 0.3) is 21.5 Å². The first kappa shape index (κ1) is 48.7. The van der Waals surface area contributed by atoms with E-state index in [2.05, 4.69) is 41.3 Å². The van der Waals surface area contributed by atoms with Gasteiger partial charge in [0.15, 0.2) is 5.75 Å². The van der Waals surface area contributed by atoms with Gasteiger partial charge < -0.3 is 34.7 Å². The zero-order chi connectivity index (χ0) is 49.9. The van der Waals surface area contributed by atoms with E-state index in [9.17, 15) is 18.3 Å². The molecule has 0 fully saturated rings. The number of anilines is 3. The Labute approximate surface area is 409 Å². The smallest absolute Gasteiger partial charge is 0.264 e. The van der Waals surface area contributed by atoms with Gasteiger partial charge in [-0.15, -0.1) is 15.3 Å². The Bertz CT molecular complexity index is 3440. The van der Waals surface area contributed by atoms with Crippen LogP contribution in [0, 0.1) is 6.92 Å². The predicted molar refractivity (Wildman–Crippen MR) is 275 cm³/mol. The lowest BCUT2D eigenvalue weighted by molar-refractivity contribution is 0.102. The molecule has 0 saturated carbocycles. The molecule has 360 valence electrons. The van der Waals surface area contributed by atoms with Gasteiger partial charge in [0.25, 0.3) is 16.0 Å². The van der Waals surface area contributed by atoms with Gasteiger partial charge in [0.2, 0.25) is 0 Å². The summed E-state index contributed by atoms with van der Waals surface area (Å²) in [5, 5.41) is 46.9. The number of benzene rings is 8. The number of amides is 1. The summed E-state index contributed by atoms with van der Waals surface area (Å²) >= 11 is 0. The molecular weight excluding hydrogens is 925 g/mol.